The van der Waals surface area contributed by atoms with Crippen molar-refractivity contribution in [3.63, 3.8) is 0 Å². The van der Waals surface area contributed by atoms with Crippen molar-refractivity contribution in [2.45, 2.75) is 6.92 Å². The van der Waals surface area contributed by atoms with Gasteiger partial charge in [0.1, 0.15) is 23.5 Å². The Morgan fingerprint density at radius 3 is 2.81 bits per heavy atom. The molecule has 0 fully saturated rings. The minimum absolute atomic E-state index is 0.0343. The SMILES string of the molecule is Cc1oncc1C(=O)N1CCOc2c(C(=O)O)cccc21. The summed E-state index contributed by atoms with van der Waals surface area (Å²) in [5, 5.41) is 12.8. The molecule has 1 aromatic carbocycles. The Hall–Kier alpha value is -2.83. The quantitative estimate of drug-likeness (QED) is 0.904. The summed E-state index contributed by atoms with van der Waals surface area (Å²) in [5.74, 6) is -0.760. The Balaban J connectivity index is 2.05. The average Bonchev–Trinajstić information content (AvgIpc) is 2.91. The van der Waals surface area contributed by atoms with Crippen molar-refractivity contribution in [3.05, 3.63) is 41.3 Å². The zero-order chi connectivity index (χ0) is 15.0. The lowest BCUT2D eigenvalue weighted by Crippen LogP contribution is -2.38. The first-order valence-electron chi connectivity index (χ1n) is 6.32. The maximum absolute atomic E-state index is 12.5. The molecule has 1 amide bonds. The molecular weight excluding hydrogens is 276 g/mol. The number of anilines is 1. The van der Waals surface area contributed by atoms with Gasteiger partial charge in [-0.2, -0.15) is 0 Å². The Bertz CT molecular complexity index is 722. The molecule has 1 aromatic heterocycles. The predicted molar refractivity (Wildman–Crippen MR) is 71.8 cm³/mol. The molecule has 0 saturated heterocycles. The molecule has 7 heteroatoms. The van der Waals surface area contributed by atoms with Crippen LogP contribution in [0.1, 0.15) is 26.5 Å². The number of amides is 1. The van der Waals surface area contributed by atoms with Crippen LogP contribution in [0, 0.1) is 6.92 Å². The first-order valence-corrected chi connectivity index (χ1v) is 6.32. The molecule has 1 aliphatic heterocycles. The van der Waals surface area contributed by atoms with Gasteiger partial charge in [0.15, 0.2) is 5.75 Å². The van der Waals surface area contributed by atoms with Gasteiger partial charge in [0.25, 0.3) is 5.91 Å². The summed E-state index contributed by atoms with van der Waals surface area (Å²) in [4.78, 5) is 25.2. The van der Waals surface area contributed by atoms with Crippen LogP contribution >= 0.6 is 0 Å². The smallest absolute Gasteiger partial charge is 0.339 e. The molecule has 0 spiro atoms. The standard InChI is InChI=1S/C14H12N2O5/c1-8-10(7-15-21-8)13(17)16-5-6-20-12-9(14(18)19)3-2-4-11(12)16/h2-4,7H,5-6H2,1H3,(H,18,19). The molecule has 1 N–H and O–H groups in total. The number of fused-ring (bicyclic) bond motifs is 1. The largest absolute Gasteiger partial charge is 0.489 e. The number of aromatic nitrogens is 1. The van der Waals surface area contributed by atoms with E-state index in [0.29, 0.717) is 23.6 Å². The molecule has 1 aliphatic rings. The third-order valence-electron chi connectivity index (χ3n) is 3.30. The highest BCUT2D eigenvalue weighted by molar-refractivity contribution is 6.08. The molecule has 0 atom stereocenters. The zero-order valence-electron chi connectivity index (χ0n) is 11.2. The molecule has 0 saturated carbocycles. The summed E-state index contributed by atoms with van der Waals surface area (Å²) in [6.45, 7) is 2.21. The molecule has 2 heterocycles. The number of hydrogen-bond acceptors (Lipinski definition) is 5. The van der Waals surface area contributed by atoms with E-state index < -0.39 is 5.97 Å². The van der Waals surface area contributed by atoms with Crippen molar-refractivity contribution in [3.8, 4) is 5.75 Å². The molecule has 0 bridgehead atoms. The van der Waals surface area contributed by atoms with Crippen LogP contribution in [-0.4, -0.2) is 35.3 Å². The van der Waals surface area contributed by atoms with Crippen LogP contribution in [0.4, 0.5) is 5.69 Å². The number of rotatable bonds is 2. The fraction of sp³-hybridized carbons (Fsp3) is 0.214. The van der Waals surface area contributed by atoms with Gasteiger partial charge in [0.2, 0.25) is 0 Å². The highest BCUT2D eigenvalue weighted by Crippen LogP contribution is 2.35. The van der Waals surface area contributed by atoms with Crippen LogP contribution in [-0.2, 0) is 0 Å². The van der Waals surface area contributed by atoms with Gasteiger partial charge in [0.05, 0.1) is 18.4 Å². The van der Waals surface area contributed by atoms with Crippen LogP contribution < -0.4 is 9.64 Å². The second-order valence-electron chi connectivity index (χ2n) is 4.56. The lowest BCUT2D eigenvalue weighted by atomic mass is 10.1. The molecule has 3 rings (SSSR count). The Kier molecular flexibility index (Phi) is 3.09. The third-order valence-corrected chi connectivity index (χ3v) is 3.30. The van der Waals surface area contributed by atoms with Gasteiger partial charge in [-0.25, -0.2) is 4.79 Å². The number of para-hydroxylation sites is 1. The lowest BCUT2D eigenvalue weighted by molar-refractivity contribution is 0.0690. The number of carboxylic acid groups (broad SMARTS) is 1. The predicted octanol–water partition coefficient (Wildman–Crippen LogP) is 1.72. The minimum atomic E-state index is -1.10. The molecule has 108 valence electrons. The van der Waals surface area contributed by atoms with Crippen LogP contribution in [0.2, 0.25) is 0 Å². The van der Waals surface area contributed by atoms with E-state index in [1.165, 1.54) is 17.2 Å². The molecule has 7 nitrogen and oxygen atoms in total. The Labute approximate surface area is 119 Å². The van der Waals surface area contributed by atoms with Crippen molar-refractivity contribution in [2.24, 2.45) is 0 Å². The zero-order valence-corrected chi connectivity index (χ0v) is 11.2. The van der Waals surface area contributed by atoms with Crippen molar-refractivity contribution in [1.29, 1.82) is 0 Å². The summed E-state index contributed by atoms with van der Waals surface area (Å²) < 4.78 is 10.3. The summed E-state index contributed by atoms with van der Waals surface area (Å²) in [7, 11) is 0. The minimum Gasteiger partial charge on any atom is -0.489 e. The fourth-order valence-corrected chi connectivity index (χ4v) is 2.28. The molecular formula is C14H12N2O5. The van der Waals surface area contributed by atoms with Gasteiger partial charge in [-0.15, -0.1) is 0 Å². The summed E-state index contributed by atoms with van der Waals surface area (Å²) in [6.07, 6.45) is 1.36. The van der Waals surface area contributed by atoms with Gasteiger partial charge in [0, 0.05) is 0 Å². The number of benzene rings is 1. The first-order chi connectivity index (χ1) is 10.1. The van der Waals surface area contributed by atoms with Crippen LogP contribution in [0.3, 0.4) is 0 Å². The summed E-state index contributed by atoms with van der Waals surface area (Å²) in [5.41, 5.74) is 0.822. The number of carbonyl (C=O) groups is 2. The summed E-state index contributed by atoms with van der Waals surface area (Å²) >= 11 is 0. The summed E-state index contributed by atoms with van der Waals surface area (Å²) in [6, 6.07) is 4.68. The van der Waals surface area contributed by atoms with E-state index in [-0.39, 0.29) is 23.8 Å². The third kappa shape index (κ3) is 2.12. The normalized spacial score (nSPS) is 13.5. The fourth-order valence-electron chi connectivity index (χ4n) is 2.28. The van der Waals surface area contributed by atoms with Gasteiger partial charge in [-0.3, -0.25) is 4.79 Å². The second kappa shape index (κ2) is 4.93. The molecule has 2 aromatic rings. The number of carboxylic acids is 1. The maximum atomic E-state index is 12.5. The van der Waals surface area contributed by atoms with E-state index in [2.05, 4.69) is 5.16 Å². The highest BCUT2D eigenvalue weighted by Gasteiger charge is 2.29. The van der Waals surface area contributed by atoms with E-state index >= 15 is 0 Å². The number of hydrogen-bond donors (Lipinski definition) is 1. The number of carbonyl (C=O) groups excluding carboxylic acids is 1. The van der Waals surface area contributed by atoms with Crippen molar-refractivity contribution < 1.29 is 24.0 Å². The lowest BCUT2D eigenvalue weighted by Gasteiger charge is -2.30. The van der Waals surface area contributed by atoms with Gasteiger partial charge in [-0.05, 0) is 19.1 Å². The first kappa shape index (κ1) is 13.2. The van der Waals surface area contributed by atoms with Crippen LogP contribution in [0.15, 0.2) is 28.9 Å². The Morgan fingerprint density at radius 2 is 2.14 bits per heavy atom. The number of aryl methyl sites for hydroxylation is 1. The average molecular weight is 288 g/mol. The van der Waals surface area contributed by atoms with Crippen molar-refractivity contribution >= 4 is 17.6 Å². The van der Waals surface area contributed by atoms with E-state index in [0.717, 1.165) is 0 Å². The number of nitrogens with zero attached hydrogens (tertiary/aromatic N) is 2. The topological polar surface area (TPSA) is 92.9 Å². The van der Waals surface area contributed by atoms with Crippen LogP contribution in [0.25, 0.3) is 0 Å². The second-order valence-corrected chi connectivity index (χ2v) is 4.56. The van der Waals surface area contributed by atoms with Gasteiger partial charge in [-0.1, -0.05) is 11.2 Å². The van der Waals surface area contributed by atoms with E-state index in [4.69, 9.17) is 9.26 Å². The Morgan fingerprint density at radius 1 is 1.33 bits per heavy atom. The molecule has 0 unspecified atom stereocenters. The molecule has 0 radical (unpaired) electrons. The molecule has 21 heavy (non-hydrogen) atoms. The van der Waals surface area contributed by atoms with Crippen molar-refractivity contribution in [2.75, 3.05) is 18.1 Å². The van der Waals surface area contributed by atoms with Crippen LogP contribution in [0.5, 0.6) is 5.75 Å². The van der Waals surface area contributed by atoms with E-state index in [1.807, 2.05) is 0 Å². The van der Waals surface area contributed by atoms with Crippen molar-refractivity contribution in [1.82, 2.24) is 5.16 Å². The van der Waals surface area contributed by atoms with Gasteiger partial charge < -0.3 is 19.3 Å². The van der Waals surface area contributed by atoms with Gasteiger partial charge >= 0.3 is 5.97 Å². The number of ether oxygens (including phenoxy) is 1. The van der Waals surface area contributed by atoms with E-state index in [9.17, 15) is 14.7 Å². The highest BCUT2D eigenvalue weighted by atomic mass is 16.5. The number of aromatic carboxylic acids is 1. The molecule has 0 aliphatic carbocycles. The van der Waals surface area contributed by atoms with E-state index in [1.54, 1.807) is 19.1 Å². The maximum Gasteiger partial charge on any atom is 0.339 e. The monoisotopic (exact) mass is 288 g/mol.